The average molecular weight is 346 g/mol. The summed E-state index contributed by atoms with van der Waals surface area (Å²) in [5.41, 5.74) is -0.555. The maximum absolute atomic E-state index is 12.0. The Labute approximate surface area is 143 Å². The van der Waals surface area contributed by atoms with E-state index >= 15 is 0 Å². The SMILES string of the molecule is CC(C)CC(=O)O.O=C1C=CC(=O)C(C(=O)c2cc(O)ccc2O)=C1. The number of carboxylic acids is 1. The van der Waals surface area contributed by atoms with Crippen molar-refractivity contribution in [2.75, 3.05) is 0 Å². The first-order chi connectivity index (χ1) is 11.6. The fourth-order valence-corrected chi connectivity index (χ4v) is 1.89. The van der Waals surface area contributed by atoms with E-state index in [1.54, 1.807) is 0 Å². The summed E-state index contributed by atoms with van der Waals surface area (Å²) < 4.78 is 0. The summed E-state index contributed by atoms with van der Waals surface area (Å²) in [7, 11) is 0. The second-order valence-electron chi connectivity index (χ2n) is 5.68. The largest absolute Gasteiger partial charge is 0.508 e. The fourth-order valence-electron chi connectivity index (χ4n) is 1.89. The molecule has 0 radical (unpaired) electrons. The number of allylic oxidation sites excluding steroid dienone is 4. The van der Waals surface area contributed by atoms with Crippen molar-refractivity contribution in [3.63, 3.8) is 0 Å². The zero-order valence-electron chi connectivity index (χ0n) is 13.7. The predicted octanol–water partition coefficient (Wildman–Crippen LogP) is 2.03. The summed E-state index contributed by atoms with van der Waals surface area (Å²) >= 11 is 0. The van der Waals surface area contributed by atoms with E-state index < -0.39 is 23.3 Å². The van der Waals surface area contributed by atoms with Crippen molar-refractivity contribution in [2.45, 2.75) is 20.3 Å². The molecule has 1 aliphatic carbocycles. The third-order valence-electron chi connectivity index (χ3n) is 3.00. The summed E-state index contributed by atoms with van der Waals surface area (Å²) in [4.78, 5) is 44.4. The van der Waals surface area contributed by atoms with E-state index in [-0.39, 0.29) is 35.0 Å². The second-order valence-corrected chi connectivity index (χ2v) is 5.68. The van der Waals surface area contributed by atoms with E-state index in [0.717, 1.165) is 30.4 Å². The van der Waals surface area contributed by atoms with Crippen LogP contribution in [0.3, 0.4) is 0 Å². The van der Waals surface area contributed by atoms with Crippen LogP contribution in [0.2, 0.25) is 0 Å². The van der Waals surface area contributed by atoms with Gasteiger partial charge in [-0.05, 0) is 36.3 Å². The van der Waals surface area contributed by atoms with E-state index in [2.05, 4.69) is 0 Å². The number of benzene rings is 1. The Balaban J connectivity index is 0.000000381. The molecule has 0 aromatic heterocycles. The maximum Gasteiger partial charge on any atom is 0.303 e. The van der Waals surface area contributed by atoms with Crippen LogP contribution in [0.15, 0.2) is 42.0 Å². The summed E-state index contributed by atoms with van der Waals surface area (Å²) in [5.74, 6) is -2.91. The third kappa shape index (κ3) is 6.06. The van der Waals surface area contributed by atoms with Crippen molar-refractivity contribution in [2.24, 2.45) is 5.92 Å². The quantitative estimate of drug-likeness (QED) is 0.329. The molecule has 7 heteroatoms. The number of rotatable bonds is 4. The van der Waals surface area contributed by atoms with Gasteiger partial charge in [0.15, 0.2) is 11.6 Å². The molecule has 2 rings (SSSR count). The Morgan fingerprint density at radius 1 is 1.08 bits per heavy atom. The van der Waals surface area contributed by atoms with Gasteiger partial charge in [0.25, 0.3) is 0 Å². The highest BCUT2D eigenvalue weighted by Gasteiger charge is 2.24. The molecule has 0 amide bonds. The van der Waals surface area contributed by atoms with Crippen LogP contribution in [0, 0.1) is 5.92 Å². The van der Waals surface area contributed by atoms with Gasteiger partial charge >= 0.3 is 5.97 Å². The van der Waals surface area contributed by atoms with E-state index in [1.807, 2.05) is 13.8 Å². The standard InChI is InChI=1S/C13H8O5.C5H10O2/c14-7-1-3-11(16)9(5-7)13(18)10-6-8(15)2-4-12(10)17;1-4(2)3-5(6)7/h1-6,14,16H;4H,3H2,1-2H3,(H,6,7). The highest BCUT2D eigenvalue weighted by atomic mass is 16.4. The molecule has 25 heavy (non-hydrogen) atoms. The number of aliphatic carboxylic acids is 1. The molecule has 0 saturated heterocycles. The highest BCUT2D eigenvalue weighted by Crippen LogP contribution is 2.25. The zero-order chi connectivity index (χ0) is 19.1. The number of ketones is 3. The molecule has 1 aliphatic rings. The van der Waals surface area contributed by atoms with Gasteiger partial charge in [-0.1, -0.05) is 13.8 Å². The molecule has 0 fully saturated rings. The Bertz CT molecular complexity index is 770. The third-order valence-corrected chi connectivity index (χ3v) is 3.00. The zero-order valence-corrected chi connectivity index (χ0v) is 13.7. The van der Waals surface area contributed by atoms with Crippen molar-refractivity contribution < 1.29 is 34.5 Å². The molecule has 1 aromatic carbocycles. The van der Waals surface area contributed by atoms with Crippen LogP contribution in [-0.4, -0.2) is 38.6 Å². The van der Waals surface area contributed by atoms with Crippen molar-refractivity contribution in [3.05, 3.63) is 47.6 Å². The molecule has 132 valence electrons. The minimum absolute atomic E-state index is 0.220. The normalized spacial score (nSPS) is 13.2. The van der Waals surface area contributed by atoms with E-state index in [4.69, 9.17) is 5.11 Å². The monoisotopic (exact) mass is 346 g/mol. The van der Waals surface area contributed by atoms with Gasteiger partial charge in [0.2, 0.25) is 5.78 Å². The van der Waals surface area contributed by atoms with Gasteiger partial charge in [0.1, 0.15) is 11.5 Å². The first-order valence-corrected chi connectivity index (χ1v) is 7.38. The smallest absolute Gasteiger partial charge is 0.303 e. The summed E-state index contributed by atoms with van der Waals surface area (Å²) in [6.07, 6.45) is 3.24. The lowest BCUT2D eigenvalue weighted by Gasteiger charge is -2.07. The van der Waals surface area contributed by atoms with Crippen molar-refractivity contribution in [1.29, 1.82) is 0 Å². The molecule has 0 saturated carbocycles. The van der Waals surface area contributed by atoms with E-state index in [1.165, 1.54) is 6.07 Å². The molecule has 7 nitrogen and oxygen atoms in total. The number of carbonyl (C=O) groups is 4. The van der Waals surface area contributed by atoms with Crippen LogP contribution in [0.25, 0.3) is 0 Å². The van der Waals surface area contributed by atoms with Crippen LogP contribution in [-0.2, 0) is 14.4 Å². The molecule has 3 N–H and O–H groups in total. The number of carbonyl (C=O) groups excluding carboxylic acids is 3. The van der Waals surface area contributed by atoms with Gasteiger partial charge < -0.3 is 15.3 Å². The molecule has 0 atom stereocenters. The molecular weight excluding hydrogens is 328 g/mol. The number of carboxylic acid groups (broad SMARTS) is 1. The minimum atomic E-state index is -0.800. The predicted molar refractivity (Wildman–Crippen MR) is 88.4 cm³/mol. The van der Waals surface area contributed by atoms with Crippen molar-refractivity contribution in [1.82, 2.24) is 0 Å². The van der Waals surface area contributed by atoms with E-state index in [0.29, 0.717) is 0 Å². The lowest BCUT2D eigenvalue weighted by atomic mass is 9.95. The Kier molecular flexibility index (Phi) is 6.81. The van der Waals surface area contributed by atoms with Crippen LogP contribution >= 0.6 is 0 Å². The lowest BCUT2D eigenvalue weighted by Crippen LogP contribution is -2.16. The van der Waals surface area contributed by atoms with Crippen molar-refractivity contribution >= 4 is 23.3 Å². The molecule has 0 aliphatic heterocycles. The first-order valence-electron chi connectivity index (χ1n) is 7.38. The second kappa shape index (κ2) is 8.58. The van der Waals surface area contributed by atoms with Crippen LogP contribution in [0.1, 0.15) is 30.6 Å². The molecule has 0 heterocycles. The average Bonchev–Trinajstić information content (AvgIpc) is 2.50. The fraction of sp³-hybridized carbons (Fsp3) is 0.222. The molecular formula is C18H18O7. The lowest BCUT2D eigenvalue weighted by molar-refractivity contribution is -0.137. The number of phenolic OH excluding ortho intramolecular Hbond substituents is 2. The Morgan fingerprint density at radius 3 is 2.24 bits per heavy atom. The van der Waals surface area contributed by atoms with Crippen LogP contribution < -0.4 is 0 Å². The topological polar surface area (TPSA) is 129 Å². The molecule has 0 unspecified atom stereocenters. The van der Waals surface area contributed by atoms with Gasteiger partial charge in [-0.2, -0.15) is 0 Å². The van der Waals surface area contributed by atoms with Gasteiger partial charge in [0, 0.05) is 12.5 Å². The summed E-state index contributed by atoms with van der Waals surface area (Å²) in [5, 5.41) is 26.9. The van der Waals surface area contributed by atoms with Gasteiger partial charge in [-0.25, -0.2) is 0 Å². The number of hydrogen-bond acceptors (Lipinski definition) is 6. The summed E-state index contributed by atoms with van der Waals surface area (Å²) in [6.45, 7) is 3.77. The Morgan fingerprint density at radius 2 is 1.72 bits per heavy atom. The maximum atomic E-state index is 12.0. The van der Waals surface area contributed by atoms with Gasteiger partial charge in [-0.15, -0.1) is 0 Å². The minimum Gasteiger partial charge on any atom is -0.508 e. The first kappa shape index (κ1) is 19.8. The molecule has 0 spiro atoms. The van der Waals surface area contributed by atoms with Crippen molar-refractivity contribution in [3.8, 4) is 11.5 Å². The van der Waals surface area contributed by atoms with Crippen LogP contribution in [0.5, 0.6) is 11.5 Å². The number of aromatic hydroxyl groups is 2. The number of hydrogen-bond donors (Lipinski definition) is 3. The van der Waals surface area contributed by atoms with Gasteiger partial charge in [-0.3, -0.25) is 19.2 Å². The highest BCUT2D eigenvalue weighted by molar-refractivity contribution is 6.34. The molecule has 0 bridgehead atoms. The number of Topliss-reactive ketones (excluding diaryl/α,β-unsaturated/α-hetero) is 1. The van der Waals surface area contributed by atoms with E-state index in [9.17, 15) is 29.4 Å². The summed E-state index contributed by atoms with van der Waals surface area (Å²) in [6, 6.07) is 3.37. The molecule has 1 aromatic rings. The van der Waals surface area contributed by atoms with Gasteiger partial charge in [0.05, 0.1) is 11.1 Å². The number of phenols is 2. The van der Waals surface area contributed by atoms with Crippen LogP contribution in [0.4, 0.5) is 0 Å². The Hall–Kier alpha value is -3.22.